The first-order chi connectivity index (χ1) is 16.1. The van der Waals surface area contributed by atoms with Gasteiger partial charge in [-0.25, -0.2) is 15.0 Å². The summed E-state index contributed by atoms with van der Waals surface area (Å²) in [6, 6.07) is 20.1. The molecule has 0 saturated carbocycles. The van der Waals surface area contributed by atoms with Gasteiger partial charge in [0.2, 0.25) is 5.95 Å². The molecule has 0 unspecified atom stereocenters. The summed E-state index contributed by atoms with van der Waals surface area (Å²) in [6.45, 7) is 1.96. The minimum atomic E-state index is -0.257. The fourth-order valence-corrected chi connectivity index (χ4v) is 3.54. The number of rotatable bonds is 5. The van der Waals surface area contributed by atoms with E-state index in [-0.39, 0.29) is 5.91 Å². The molecule has 162 valence electrons. The van der Waals surface area contributed by atoms with Crippen LogP contribution in [0.2, 0.25) is 0 Å². The van der Waals surface area contributed by atoms with Gasteiger partial charge in [0.25, 0.3) is 5.91 Å². The normalized spacial score (nSPS) is 10.8. The van der Waals surface area contributed by atoms with E-state index in [0.29, 0.717) is 28.6 Å². The van der Waals surface area contributed by atoms with Crippen LogP contribution in [0.25, 0.3) is 17.0 Å². The molecule has 0 radical (unpaired) electrons. The van der Waals surface area contributed by atoms with Crippen LogP contribution in [0.4, 0.5) is 23.0 Å². The number of aryl methyl sites for hydroxylation is 1. The van der Waals surface area contributed by atoms with Crippen LogP contribution in [0.3, 0.4) is 0 Å². The predicted molar refractivity (Wildman–Crippen MR) is 129 cm³/mol. The Labute approximate surface area is 190 Å². The number of hydrogen-bond donors (Lipinski definition) is 3. The highest BCUT2D eigenvalue weighted by molar-refractivity contribution is 6.06. The van der Waals surface area contributed by atoms with Crippen molar-refractivity contribution in [2.45, 2.75) is 6.92 Å². The summed E-state index contributed by atoms with van der Waals surface area (Å²) >= 11 is 0. The van der Waals surface area contributed by atoms with Crippen molar-refractivity contribution in [3.05, 3.63) is 96.4 Å². The molecule has 0 fully saturated rings. The molecule has 0 spiro atoms. The Bertz CT molecular complexity index is 1470. The minimum Gasteiger partial charge on any atom is -0.397 e. The molecule has 0 aliphatic rings. The highest BCUT2D eigenvalue weighted by atomic mass is 16.1. The van der Waals surface area contributed by atoms with Crippen LogP contribution < -0.4 is 16.4 Å². The second kappa shape index (κ2) is 8.43. The topological polar surface area (TPSA) is 110 Å². The lowest BCUT2D eigenvalue weighted by molar-refractivity contribution is 0.102. The average molecular weight is 435 g/mol. The van der Waals surface area contributed by atoms with Gasteiger partial charge >= 0.3 is 0 Å². The highest BCUT2D eigenvalue weighted by Gasteiger charge is 2.13. The van der Waals surface area contributed by atoms with E-state index in [9.17, 15) is 4.79 Å². The number of nitrogens with zero attached hydrogens (tertiary/aromatic N) is 4. The molecule has 0 atom stereocenters. The number of pyridine rings is 1. The molecule has 4 N–H and O–H groups in total. The summed E-state index contributed by atoms with van der Waals surface area (Å²) in [6.07, 6.45) is 5.52. The van der Waals surface area contributed by atoms with E-state index in [0.717, 1.165) is 22.6 Å². The van der Waals surface area contributed by atoms with Crippen molar-refractivity contribution in [2.24, 2.45) is 0 Å². The van der Waals surface area contributed by atoms with E-state index in [2.05, 4.69) is 20.6 Å². The molecule has 0 aliphatic heterocycles. The third-order valence-electron chi connectivity index (χ3n) is 5.22. The van der Waals surface area contributed by atoms with Gasteiger partial charge in [-0.2, -0.15) is 0 Å². The van der Waals surface area contributed by atoms with Crippen molar-refractivity contribution < 1.29 is 4.79 Å². The van der Waals surface area contributed by atoms with Crippen LogP contribution in [-0.2, 0) is 0 Å². The molecular weight excluding hydrogens is 414 g/mol. The number of benzene rings is 2. The number of anilines is 4. The van der Waals surface area contributed by atoms with E-state index in [1.54, 1.807) is 42.7 Å². The number of nitrogens with two attached hydrogens (primary N) is 1. The molecule has 0 aliphatic carbocycles. The van der Waals surface area contributed by atoms with Crippen LogP contribution in [-0.4, -0.2) is 25.3 Å². The molecule has 0 saturated heterocycles. The Hall–Kier alpha value is -4.72. The van der Waals surface area contributed by atoms with Gasteiger partial charge in [-0.3, -0.25) is 9.20 Å². The molecule has 3 heterocycles. The largest absolute Gasteiger partial charge is 0.397 e. The van der Waals surface area contributed by atoms with E-state index < -0.39 is 0 Å². The maximum absolute atomic E-state index is 12.7. The summed E-state index contributed by atoms with van der Waals surface area (Å²) in [5, 5.41) is 6.03. The van der Waals surface area contributed by atoms with Crippen LogP contribution in [0.1, 0.15) is 15.9 Å². The second-order valence-electron chi connectivity index (χ2n) is 7.54. The molecular formula is C25H21N7O. The number of nitrogens with one attached hydrogen (secondary N) is 2. The quantitative estimate of drug-likeness (QED) is 0.346. The monoisotopic (exact) mass is 435 g/mol. The van der Waals surface area contributed by atoms with Crippen LogP contribution in [0.5, 0.6) is 0 Å². The first-order valence-corrected chi connectivity index (χ1v) is 10.4. The predicted octanol–water partition coefficient (Wildman–Crippen LogP) is 4.68. The molecule has 8 heteroatoms. The number of para-hydroxylation sites is 2. The van der Waals surface area contributed by atoms with E-state index >= 15 is 0 Å². The SMILES string of the molecule is Cc1cnc(Nc2cccc(C(=O)Nc3ccccc3N)c2)nc1-c1cnc2ccccn12. The summed E-state index contributed by atoms with van der Waals surface area (Å²) in [5.41, 5.74) is 11.6. The zero-order chi connectivity index (χ0) is 22.8. The number of amides is 1. The number of carbonyl (C=O) groups excluding carboxylic acids is 1. The van der Waals surface area contributed by atoms with Crippen molar-refractivity contribution in [3.8, 4) is 11.4 Å². The fourth-order valence-electron chi connectivity index (χ4n) is 3.54. The molecule has 5 aromatic rings. The number of hydrogen-bond acceptors (Lipinski definition) is 6. The molecule has 33 heavy (non-hydrogen) atoms. The van der Waals surface area contributed by atoms with Gasteiger partial charge in [0.1, 0.15) is 5.65 Å². The first kappa shape index (κ1) is 20.2. The van der Waals surface area contributed by atoms with Crippen LogP contribution in [0.15, 0.2) is 85.3 Å². The Morgan fingerprint density at radius 2 is 1.82 bits per heavy atom. The van der Waals surface area contributed by atoms with E-state index in [1.807, 2.05) is 53.9 Å². The van der Waals surface area contributed by atoms with Crippen molar-refractivity contribution >= 4 is 34.6 Å². The average Bonchev–Trinajstić information content (AvgIpc) is 3.26. The van der Waals surface area contributed by atoms with Gasteiger partial charge in [-0.1, -0.05) is 24.3 Å². The number of imidazole rings is 1. The van der Waals surface area contributed by atoms with Crippen LogP contribution in [0, 0.1) is 6.92 Å². The number of aromatic nitrogens is 4. The van der Waals surface area contributed by atoms with Crippen molar-refractivity contribution in [1.29, 1.82) is 0 Å². The van der Waals surface area contributed by atoms with Gasteiger partial charge in [0.05, 0.1) is 29.0 Å². The summed E-state index contributed by atoms with van der Waals surface area (Å²) in [7, 11) is 0. The number of nitrogen functional groups attached to an aromatic ring is 1. The van der Waals surface area contributed by atoms with Gasteiger partial charge in [-0.05, 0) is 55.0 Å². The van der Waals surface area contributed by atoms with Crippen molar-refractivity contribution in [2.75, 3.05) is 16.4 Å². The summed E-state index contributed by atoms with van der Waals surface area (Å²) < 4.78 is 1.99. The molecule has 5 rings (SSSR count). The van der Waals surface area contributed by atoms with E-state index in [4.69, 9.17) is 10.7 Å². The van der Waals surface area contributed by atoms with Gasteiger partial charge < -0.3 is 16.4 Å². The lowest BCUT2D eigenvalue weighted by Gasteiger charge is -2.11. The molecule has 1 amide bonds. The third-order valence-corrected chi connectivity index (χ3v) is 5.22. The maximum Gasteiger partial charge on any atom is 0.255 e. The number of carbonyl (C=O) groups is 1. The van der Waals surface area contributed by atoms with Crippen molar-refractivity contribution in [1.82, 2.24) is 19.4 Å². The highest BCUT2D eigenvalue weighted by Crippen LogP contribution is 2.25. The summed E-state index contributed by atoms with van der Waals surface area (Å²) in [4.78, 5) is 26.3. The maximum atomic E-state index is 12.7. The number of fused-ring (bicyclic) bond motifs is 1. The summed E-state index contributed by atoms with van der Waals surface area (Å²) in [5.74, 6) is 0.166. The van der Waals surface area contributed by atoms with Gasteiger partial charge in [-0.15, -0.1) is 0 Å². The van der Waals surface area contributed by atoms with Crippen molar-refractivity contribution in [3.63, 3.8) is 0 Å². The Morgan fingerprint density at radius 1 is 0.970 bits per heavy atom. The zero-order valence-electron chi connectivity index (χ0n) is 17.9. The third kappa shape index (κ3) is 4.09. The lowest BCUT2D eigenvalue weighted by Crippen LogP contribution is -2.13. The second-order valence-corrected chi connectivity index (χ2v) is 7.54. The zero-order valence-corrected chi connectivity index (χ0v) is 17.9. The minimum absolute atomic E-state index is 0.257. The fraction of sp³-hybridized carbons (Fsp3) is 0.0400. The molecule has 0 bridgehead atoms. The molecule has 3 aromatic heterocycles. The molecule has 8 nitrogen and oxygen atoms in total. The lowest BCUT2D eigenvalue weighted by atomic mass is 10.1. The van der Waals surface area contributed by atoms with Crippen LogP contribution >= 0.6 is 0 Å². The molecule has 2 aromatic carbocycles. The first-order valence-electron chi connectivity index (χ1n) is 10.4. The standard InChI is InChI=1S/C25H21N7O/c1-16-14-28-25(31-23(16)21-15-27-22-11-4-5-12-32(21)22)29-18-8-6-7-17(13-18)24(33)30-20-10-3-2-9-19(20)26/h2-15H,26H2,1H3,(H,30,33)(H,28,29,31). The Morgan fingerprint density at radius 3 is 2.70 bits per heavy atom. The Kier molecular flexibility index (Phi) is 5.16. The smallest absolute Gasteiger partial charge is 0.255 e. The van der Waals surface area contributed by atoms with Gasteiger partial charge in [0, 0.05) is 23.6 Å². The Balaban J connectivity index is 1.41. The van der Waals surface area contributed by atoms with E-state index in [1.165, 1.54) is 0 Å². The van der Waals surface area contributed by atoms with Gasteiger partial charge in [0.15, 0.2) is 0 Å².